The molecule has 0 bridgehead atoms. The number of amides is 2. The highest BCUT2D eigenvalue weighted by atomic mass is 19.4. The van der Waals surface area contributed by atoms with Crippen LogP contribution < -0.4 is 10.1 Å². The molecule has 2 aromatic rings. The largest absolute Gasteiger partial charge is 0.480 e. The second-order valence-electron chi connectivity index (χ2n) is 6.93. The number of halogens is 4. The minimum Gasteiger partial charge on any atom is -0.480 e. The van der Waals surface area contributed by atoms with E-state index in [1.165, 1.54) is 25.6 Å². The number of alkyl halides is 3. The molecule has 1 aliphatic heterocycles. The summed E-state index contributed by atoms with van der Waals surface area (Å²) in [5, 5.41) is 2.65. The van der Waals surface area contributed by atoms with Crippen molar-refractivity contribution in [1.82, 2.24) is 14.9 Å². The molecule has 1 aromatic carbocycles. The van der Waals surface area contributed by atoms with Crippen molar-refractivity contribution in [3.05, 3.63) is 53.1 Å². The Kier molecular flexibility index (Phi) is 6.23. The highest BCUT2D eigenvalue weighted by molar-refractivity contribution is 5.88. The summed E-state index contributed by atoms with van der Waals surface area (Å²) in [7, 11) is 1.46. The van der Waals surface area contributed by atoms with Crippen LogP contribution in [0, 0.1) is 11.7 Å². The molecular weight excluding hydrogens is 404 g/mol. The first-order valence-corrected chi connectivity index (χ1v) is 9.16. The van der Waals surface area contributed by atoms with Crippen molar-refractivity contribution in [3.8, 4) is 5.88 Å². The average molecular weight is 424 g/mol. The Hall–Kier alpha value is -3.17. The summed E-state index contributed by atoms with van der Waals surface area (Å²) in [6.45, 7) is 2.65. The average Bonchev–Trinajstić information content (AvgIpc) is 2.70. The van der Waals surface area contributed by atoms with Crippen LogP contribution in [0.2, 0.25) is 0 Å². The molecule has 1 aromatic heterocycles. The molecule has 1 atom stereocenters. The SMILES string of the molecule is COc1cnc(NC(=O)N2CCC(=Cc3ccc(F)c(C(F)(F)F)c3)C(C)C2)cn1. The van der Waals surface area contributed by atoms with Crippen LogP contribution in [0.5, 0.6) is 5.88 Å². The Morgan fingerprint density at radius 2 is 2.07 bits per heavy atom. The number of nitrogens with one attached hydrogen (secondary N) is 1. The molecule has 0 aliphatic carbocycles. The molecule has 2 heterocycles. The van der Waals surface area contributed by atoms with Gasteiger partial charge in [-0.25, -0.2) is 19.2 Å². The van der Waals surface area contributed by atoms with E-state index in [0.717, 1.165) is 17.7 Å². The summed E-state index contributed by atoms with van der Waals surface area (Å²) >= 11 is 0. The van der Waals surface area contributed by atoms with Crippen LogP contribution >= 0.6 is 0 Å². The van der Waals surface area contributed by atoms with E-state index in [4.69, 9.17) is 4.74 Å². The van der Waals surface area contributed by atoms with E-state index < -0.39 is 17.6 Å². The van der Waals surface area contributed by atoms with E-state index in [0.29, 0.717) is 25.4 Å². The van der Waals surface area contributed by atoms with Gasteiger partial charge >= 0.3 is 12.2 Å². The molecule has 1 N–H and O–H groups in total. The summed E-state index contributed by atoms with van der Waals surface area (Å²) in [4.78, 5) is 22.0. The first-order chi connectivity index (χ1) is 14.2. The number of hydrogen-bond donors (Lipinski definition) is 1. The summed E-state index contributed by atoms with van der Waals surface area (Å²) in [6, 6.07) is 2.59. The van der Waals surface area contributed by atoms with Gasteiger partial charge in [0.05, 0.1) is 25.1 Å². The maximum absolute atomic E-state index is 13.5. The lowest BCUT2D eigenvalue weighted by Gasteiger charge is -2.33. The Balaban J connectivity index is 1.66. The molecule has 6 nitrogen and oxygen atoms in total. The van der Waals surface area contributed by atoms with Gasteiger partial charge in [0.2, 0.25) is 5.88 Å². The highest BCUT2D eigenvalue weighted by Crippen LogP contribution is 2.33. The first kappa shape index (κ1) is 21.5. The number of carbonyl (C=O) groups excluding carboxylic acids is 1. The van der Waals surface area contributed by atoms with E-state index in [1.807, 2.05) is 6.92 Å². The number of methoxy groups -OCH3 is 1. The van der Waals surface area contributed by atoms with E-state index in [1.54, 1.807) is 11.0 Å². The molecule has 1 saturated heterocycles. The van der Waals surface area contributed by atoms with Crippen molar-refractivity contribution in [2.24, 2.45) is 5.92 Å². The van der Waals surface area contributed by atoms with Crippen LogP contribution in [0.4, 0.5) is 28.2 Å². The Bertz CT molecular complexity index is 945. The van der Waals surface area contributed by atoms with Crippen molar-refractivity contribution in [1.29, 1.82) is 0 Å². The van der Waals surface area contributed by atoms with Gasteiger partial charge in [-0.05, 0) is 30.0 Å². The third-order valence-electron chi connectivity index (χ3n) is 4.81. The second kappa shape index (κ2) is 8.68. The van der Waals surface area contributed by atoms with Crippen molar-refractivity contribution < 1.29 is 27.1 Å². The molecule has 160 valence electrons. The third kappa shape index (κ3) is 5.05. The number of rotatable bonds is 3. The lowest BCUT2D eigenvalue weighted by molar-refractivity contribution is -0.140. The summed E-state index contributed by atoms with van der Waals surface area (Å²) in [5.41, 5.74) is -0.123. The number of likely N-dealkylation sites (tertiary alicyclic amines) is 1. The molecule has 10 heteroatoms. The van der Waals surface area contributed by atoms with E-state index in [9.17, 15) is 22.4 Å². The lowest BCUT2D eigenvalue weighted by atomic mass is 9.91. The smallest absolute Gasteiger partial charge is 0.419 e. The van der Waals surface area contributed by atoms with Crippen LogP contribution in [0.3, 0.4) is 0 Å². The van der Waals surface area contributed by atoms with Crippen molar-refractivity contribution in [2.45, 2.75) is 19.5 Å². The van der Waals surface area contributed by atoms with Gasteiger partial charge in [-0.2, -0.15) is 13.2 Å². The molecule has 0 radical (unpaired) electrons. The maximum Gasteiger partial charge on any atom is 0.419 e. The van der Waals surface area contributed by atoms with Gasteiger partial charge in [-0.1, -0.05) is 24.6 Å². The van der Waals surface area contributed by atoms with E-state index in [2.05, 4.69) is 15.3 Å². The summed E-state index contributed by atoms with van der Waals surface area (Å²) in [5.74, 6) is -0.777. The number of ether oxygens (including phenoxy) is 1. The number of piperidine rings is 1. The van der Waals surface area contributed by atoms with Gasteiger partial charge in [0.15, 0.2) is 5.82 Å². The zero-order chi connectivity index (χ0) is 21.9. The summed E-state index contributed by atoms with van der Waals surface area (Å²) < 4.78 is 57.1. The maximum atomic E-state index is 13.5. The predicted octanol–water partition coefficient (Wildman–Crippen LogP) is 4.60. The third-order valence-corrected chi connectivity index (χ3v) is 4.81. The Morgan fingerprint density at radius 3 is 2.67 bits per heavy atom. The fraction of sp³-hybridized carbons (Fsp3) is 0.350. The van der Waals surface area contributed by atoms with Gasteiger partial charge in [-0.3, -0.25) is 5.32 Å². The fourth-order valence-corrected chi connectivity index (χ4v) is 3.19. The quantitative estimate of drug-likeness (QED) is 0.732. The molecule has 0 spiro atoms. The van der Waals surface area contributed by atoms with Gasteiger partial charge < -0.3 is 9.64 Å². The number of aromatic nitrogens is 2. The second-order valence-corrected chi connectivity index (χ2v) is 6.93. The normalized spacial score (nSPS) is 18.4. The number of nitrogens with zero attached hydrogens (tertiary/aromatic N) is 3. The molecule has 1 fully saturated rings. The Labute approximate surface area is 170 Å². The number of carbonyl (C=O) groups is 1. The molecule has 2 amide bonds. The molecule has 1 aliphatic rings. The molecule has 0 saturated carbocycles. The molecule has 1 unspecified atom stereocenters. The predicted molar refractivity (Wildman–Crippen MR) is 102 cm³/mol. The van der Waals surface area contributed by atoms with Gasteiger partial charge in [0, 0.05) is 13.1 Å². The van der Waals surface area contributed by atoms with Gasteiger partial charge in [0.1, 0.15) is 5.82 Å². The first-order valence-electron chi connectivity index (χ1n) is 9.16. The topological polar surface area (TPSA) is 67.3 Å². The molecular formula is C20H20F4N4O2. The standard InChI is InChI=1S/C20H20F4N4O2/c1-12-11-28(19(29)27-17-9-26-18(30-2)10-25-17)6-5-14(12)7-13-3-4-16(21)15(8-13)20(22,23)24/h3-4,7-10,12H,5-6,11H2,1-2H3,(H,25,27,29). The monoisotopic (exact) mass is 424 g/mol. The highest BCUT2D eigenvalue weighted by Gasteiger charge is 2.34. The van der Waals surface area contributed by atoms with Gasteiger partial charge in [-0.15, -0.1) is 0 Å². The van der Waals surface area contributed by atoms with Gasteiger partial charge in [0.25, 0.3) is 0 Å². The van der Waals surface area contributed by atoms with Crippen LogP contribution in [0.1, 0.15) is 24.5 Å². The fourth-order valence-electron chi connectivity index (χ4n) is 3.19. The van der Waals surface area contributed by atoms with Crippen LogP contribution in [0.25, 0.3) is 6.08 Å². The van der Waals surface area contributed by atoms with E-state index >= 15 is 0 Å². The van der Waals surface area contributed by atoms with Crippen molar-refractivity contribution in [3.63, 3.8) is 0 Å². The number of anilines is 1. The number of urea groups is 1. The minimum absolute atomic E-state index is 0.0779. The zero-order valence-corrected chi connectivity index (χ0v) is 16.3. The van der Waals surface area contributed by atoms with Crippen molar-refractivity contribution >= 4 is 17.9 Å². The molecule has 30 heavy (non-hydrogen) atoms. The van der Waals surface area contributed by atoms with Crippen LogP contribution in [-0.2, 0) is 6.18 Å². The summed E-state index contributed by atoms with van der Waals surface area (Å²) in [6.07, 6.45) is 0.122. The van der Waals surface area contributed by atoms with E-state index in [-0.39, 0.29) is 23.3 Å². The lowest BCUT2D eigenvalue weighted by Crippen LogP contribution is -2.42. The minimum atomic E-state index is -4.75. The number of hydrogen-bond acceptors (Lipinski definition) is 4. The molecule has 3 rings (SSSR count). The zero-order valence-electron chi connectivity index (χ0n) is 16.3. The number of benzene rings is 1. The van der Waals surface area contributed by atoms with Crippen LogP contribution in [-0.4, -0.2) is 41.1 Å². The van der Waals surface area contributed by atoms with Crippen LogP contribution in [0.15, 0.2) is 36.2 Å². The van der Waals surface area contributed by atoms with Crippen molar-refractivity contribution in [2.75, 3.05) is 25.5 Å². The Morgan fingerprint density at radius 1 is 1.30 bits per heavy atom.